The van der Waals surface area contributed by atoms with Crippen molar-refractivity contribution in [3.8, 4) is 0 Å². The van der Waals surface area contributed by atoms with Crippen LogP contribution in [0.4, 0.5) is 0 Å². The van der Waals surface area contributed by atoms with E-state index in [0.29, 0.717) is 0 Å². The fraction of sp³-hybridized carbons (Fsp3) is 1.00. The minimum absolute atomic E-state index is 1.25. The molecule has 12 heavy (non-hydrogen) atoms. The number of rotatable bonds is 0. The molecule has 1 rings (SSSR count). The minimum Gasteiger partial charge on any atom is -0.0656 e. The van der Waals surface area contributed by atoms with E-state index >= 15 is 0 Å². The molecule has 1 aliphatic rings. The van der Waals surface area contributed by atoms with Gasteiger partial charge in [0.25, 0.3) is 0 Å². The normalized spacial score (nSPS) is 15.0. The summed E-state index contributed by atoms with van der Waals surface area (Å²) < 4.78 is 0. The van der Waals surface area contributed by atoms with Gasteiger partial charge in [-0.3, -0.25) is 0 Å². The molecule has 0 saturated heterocycles. The summed E-state index contributed by atoms with van der Waals surface area (Å²) in [5.41, 5.74) is 0. The summed E-state index contributed by atoms with van der Waals surface area (Å²) in [5.74, 6) is 0. The van der Waals surface area contributed by atoms with E-state index in [1.54, 1.807) is 0 Å². The third-order valence-corrected chi connectivity index (χ3v) is 1.50. The van der Waals surface area contributed by atoms with Crippen LogP contribution in [0.3, 0.4) is 0 Å². The summed E-state index contributed by atoms with van der Waals surface area (Å²) in [5, 5.41) is 0. The highest BCUT2D eigenvalue weighted by Gasteiger charge is 1.95. The van der Waals surface area contributed by atoms with Crippen LogP contribution in [0.1, 0.15) is 79.1 Å². The van der Waals surface area contributed by atoms with Crippen LogP contribution in [0.5, 0.6) is 0 Å². The second kappa shape index (κ2) is 17.2. The molecule has 0 unspecified atom stereocenters. The molecule has 76 valence electrons. The molecule has 0 aromatic heterocycles. The van der Waals surface area contributed by atoms with Gasteiger partial charge < -0.3 is 0 Å². The lowest BCUT2D eigenvalue weighted by Crippen LogP contribution is -1.85. The lowest BCUT2D eigenvalue weighted by molar-refractivity contribution is 0.504. The summed E-state index contributed by atoms with van der Waals surface area (Å²) in [4.78, 5) is 0. The molecule has 0 N–H and O–H groups in total. The van der Waals surface area contributed by atoms with E-state index in [9.17, 15) is 0 Å². The molecule has 1 fully saturated rings. The summed E-state index contributed by atoms with van der Waals surface area (Å²) in [7, 11) is 0. The maximum absolute atomic E-state index is 2.12. The van der Waals surface area contributed by atoms with E-state index in [2.05, 4.69) is 27.7 Å². The van der Waals surface area contributed by atoms with Crippen LogP contribution in [0.25, 0.3) is 0 Å². The smallest absolute Gasteiger partial charge is 0.0533 e. The first-order valence-corrected chi connectivity index (χ1v) is 5.83. The van der Waals surface area contributed by atoms with Gasteiger partial charge in [0.05, 0.1) is 0 Å². The fourth-order valence-electron chi connectivity index (χ4n) is 1.06. The Balaban J connectivity index is 0. The topological polar surface area (TPSA) is 0 Å². The van der Waals surface area contributed by atoms with E-state index < -0.39 is 0 Å². The van der Waals surface area contributed by atoms with Gasteiger partial charge >= 0.3 is 0 Å². The van der Waals surface area contributed by atoms with Gasteiger partial charge in [0.2, 0.25) is 0 Å². The molecule has 0 aromatic rings. The van der Waals surface area contributed by atoms with E-state index in [-0.39, 0.29) is 0 Å². The van der Waals surface area contributed by atoms with E-state index in [0.717, 1.165) is 0 Å². The van der Waals surface area contributed by atoms with Crippen molar-refractivity contribution in [2.75, 3.05) is 0 Å². The first-order chi connectivity index (χ1) is 5.83. The maximum atomic E-state index is 2.12. The molecule has 1 saturated carbocycles. The van der Waals surface area contributed by atoms with Gasteiger partial charge in [-0.2, -0.15) is 0 Å². The predicted octanol–water partition coefficient (Wildman–Crippen LogP) is 5.17. The fourth-order valence-corrected chi connectivity index (χ4v) is 1.06. The monoisotopic (exact) mass is 172 g/mol. The van der Waals surface area contributed by atoms with Crippen LogP contribution < -0.4 is 0 Å². The average Bonchev–Trinajstić information content (AvgIpc) is 2.10. The van der Waals surface area contributed by atoms with Crippen molar-refractivity contribution < 1.29 is 0 Å². The van der Waals surface area contributed by atoms with Gasteiger partial charge in [0.1, 0.15) is 0 Å². The first kappa shape index (κ1) is 14.5. The van der Waals surface area contributed by atoms with Crippen LogP contribution in [0, 0.1) is 0 Å². The van der Waals surface area contributed by atoms with Gasteiger partial charge in [-0.05, 0) is 0 Å². The Bertz CT molecular complexity index is 30.5. The molecule has 0 atom stereocenters. The third-order valence-electron chi connectivity index (χ3n) is 1.50. The van der Waals surface area contributed by atoms with Crippen molar-refractivity contribution in [2.24, 2.45) is 0 Å². The van der Waals surface area contributed by atoms with E-state index in [4.69, 9.17) is 0 Å². The van der Waals surface area contributed by atoms with Crippen LogP contribution in [0.15, 0.2) is 0 Å². The summed E-state index contributed by atoms with van der Waals surface area (Å²) >= 11 is 0. The minimum atomic E-state index is 1.25. The molecular weight excluding hydrogens is 144 g/mol. The largest absolute Gasteiger partial charge is 0.0656 e. The molecule has 0 bridgehead atoms. The van der Waals surface area contributed by atoms with Crippen molar-refractivity contribution in [3.05, 3.63) is 0 Å². The van der Waals surface area contributed by atoms with Crippen molar-refractivity contribution in [1.82, 2.24) is 0 Å². The lowest BCUT2D eigenvalue weighted by Gasteiger charge is -2.05. The SMILES string of the molecule is C1CCCCC1.CCC.CCC. The third kappa shape index (κ3) is 22.5. The van der Waals surface area contributed by atoms with Crippen molar-refractivity contribution >= 4 is 0 Å². The molecule has 0 heteroatoms. The van der Waals surface area contributed by atoms with Gasteiger partial charge in [0, 0.05) is 0 Å². The Morgan fingerprint density at radius 2 is 0.583 bits per heavy atom. The molecule has 1 aliphatic carbocycles. The molecule has 0 aliphatic heterocycles. The Morgan fingerprint density at radius 1 is 0.500 bits per heavy atom. The number of hydrogen-bond acceptors (Lipinski definition) is 0. The zero-order valence-corrected chi connectivity index (χ0v) is 9.66. The Labute approximate surface area is 79.8 Å². The quantitative estimate of drug-likeness (QED) is 0.472. The molecular formula is C12H28. The zero-order valence-electron chi connectivity index (χ0n) is 9.66. The van der Waals surface area contributed by atoms with E-state index in [1.165, 1.54) is 51.4 Å². The molecule has 0 heterocycles. The first-order valence-electron chi connectivity index (χ1n) is 5.83. The number of hydrogen-bond donors (Lipinski definition) is 0. The highest BCUT2D eigenvalue weighted by molar-refractivity contribution is 4.51. The molecule has 0 nitrogen and oxygen atoms in total. The zero-order chi connectivity index (χ0) is 9.66. The molecule has 0 spiro atoms. The van der Waals surface area contributed by atoms with Crippen LogP contribution in [0.2, 0.25) is 0 Å². The van der Waals surface area contributed by atoms with Gasteiger partial charge in [-0.1, -0.05) is 79.1 Å². The van der Waals surface area contributed by atoms with Gasteiger partial charge in [-0.25, -0.2) is 0 Å². The average molecular weight is 172 g/mol. The second-order valence-corrected chi connectivity index (χ2v) is 3.54. The Kier molecular flexibility index (Phi) is 20.8. The summed E-state index contributed by atoms with van der Waals surface area (Å²) in [6.45, 7) is 8.50. The molecule has 0 aromatic carbocycles. The van der Waals surface area contributed by atoms with Crippen molar-refractivity contribution in [1.29, 1.82) is 0 Å². The highest BCUT2D eigenvalue weighted by Crippen LogP contribution is 2.15. The van der Waals surface area contributed by atoms with Crippen LogP contribution >= 0.6 is 0 Å². The Hall–Kier alpha value is 0. The molecule has 0 amide bonds. The lowest BCUT2D eigenvalue weighted by atomic mass is 10.0. The second-order valence-electron chi connectivity index (χ2n) is 3.54. The molecule has 0 radical (unpaired) electrons. The van der Waals surface area contributed by atoms with Gasteiger partial charge in [-0.15, -0.1) is 0 Å². The Morgan fingerprint density at radius 3 is 0.667 bits per heavy atom. The van der Waals surface area contributed by atoms with Crippen LogP contribution in [-0.4, -0.2) is 0 Å². The summed E-state index contributed by atoms with van der Waals surface area (Å²) in [6, 6.07) is 0. The maximum Gasteiger partial charge on any atom is -0.0533 e. The van der Waals surface area contributed by atoms with Crippen LogP contribution in [-0.2, 0) is 0 Å². The summed E-state index contributed by atoms with van der Waals surface area (Å²) in [6.07, 6.45) is 11.5. The van der Waals surface area contributed by atoms with Crippen molar-refractivity contribution in [2.45, 2.75) is 79.1 Å². The van der Waals surface area contributed by atoms with E-state index in [1.807, 2.05) is 0 Å². The standard InChI is InChI=1S/C6H12.2C3H8/c1-2-4-6-5-3-1;2*1-3-2/h1-6H2;2*3H2,1-2H3. The highest BCUT2D eigenvalue weighted by atomic mass is 14.0. The predicted molar refractivity (Wildman–Crippen MR) is 59.6 cm³/mol. The van der Waals surface area contributed by atoms with Crippen molar-refractivity contribution in [3.63, 3.8) is 0 Å². The van der Waals surface area contributed by atoms with Gasteiger partial charge in [0.15, 0.2) is 0 Å².